The van der Waals surface area contributed by atoms with Crippen LogP contribution in [0.1, 0.15) is 22.3 Å². The van der Waals surface area contributed by atoms with Gasteiger partial charge in [0.2, 0.25) is 5.41 Å². The monoisotopic (exact) mass is 368 g/mol. The molecule has 0 unspecified atom stereocenters. The van der Waals surface area contributed by atoms with E-state index in [1.807, 2.05) is 0 Å². The van der Waals surface area contributed by atoms with Crippen molar-refractivity contribution in [2.24, 2.45) is 5.41 Å². The molecule has 1 aliphatic carbocycles. The summed E-state index contributed by atoms with van der Waals surface area (Å²) in [7, 11) is 0. The Balaban J connectivity index is 2.76. The Hall–Kier alpha value is -3.56. The van der Waals surface area contributed by atoms with Crippen molar-refractivity contribution in [3.8, 4) is 0 Å². The van der Waals surface area contributed by atoms with Gasteiger partial charge in [-0.3, -0.25) is 9.59 Å². The highest BCUT2D eigenvalue weighted by molar-refractivity contribution is 6.12. The molecule has 0 aromatic heterocycles. The first-order valence-corrected chi connectivity index (χ1v) is 6.86. The van der Waals surface area contributed by atoms with Crippen LogP contribution < -0.4 is 0 Å². The highest BCUT2D eigenvalue weighted by atomic mass is 19.1. The predicted molar refractivity (Wildman–Crippen MR) is 79.4 cm³/mol. The number of rotatable bonds is 5. The van der Waals surface area contributed by atoms with Crippen molar-refractivity contribution in [3.63, 3.8) is 0 Å². The van der Waals surface area contributed by atoms with Gasteiger partial charge in [-0.15, -0.1) is 0 Å². The molecule has 0 saturated carbocycles. The van der Waals surface area contributed by atoms with E-state index in [2.05, 4.69) is 0 Å². The minimum absolute atomic E-state index is 0.396. The Morgan fingerprint density at radius 1 is 0.923 bits per heavy atom. The van der Waals surface area contributed by atoms with Crippen molar-refractivity contribution in [2.45, 2.75) is 6.42 Å². The number of allylic oxidation sites excluding steroid dienone is 3. The molecule has 0 saturated heterocycles. The van der Waals surface area contributed by atoms with E-state index in [1.165, 1.54) is 0 Å². The van der Waals surface area contributed by atoms with Gasteiger partial charge in [0.15, 0.2) is 0 Å². The third-order valence-electron chi connectivity index (χ3n) is 3.93. The molecule has 26 heavy (non-hydrogen) atoms. The molecule has 1 aromatic carbocycles. The SMILES string of the molecule is O=C(O)C1=CC(c2cc(C(=O)O)ccc2F)=C(F)CC1(C(=O)O)C(=O)O. The summed E-state index contributed by atoms with van der Waals surface area (Å²) >= 11 is 0. The van der Waals surface area contributed by atoms with Gasteiger partial charge in [0, 0.05) is 17.6 Å². The lowest BCUT2D eigenvalue weighted by molar-refractivity contribution is -0.164. The minimum atomic E-state index is -3.10. The molecule has 1 aromatic rings. The van der Waals surface area contributed by atoms with Gasteiger partial charge in [0.05, 0.1) is 11.1 Å². The summed E-state index contributed by atoms with van der Waals surface area (Å²) in [4.78, 5) is 45.2. The largest absolute Gasteiger partial charge is 0.480 e. The van der Waals surface area contributed by atoms with Gasteiger partial charge in [0.25, 0.3) is 0 Å². The fourth-order valence-electron chi connectivity index (χ4n) is 2.58. The van der Waals surface area contributed by atoms with E-state index in [1.54, 1.807) is 0 Å². The van der Waals surface area contributed by atoms with Gasteiger partial charge in [-0.1, -0.05) is 0 Å². The number of aliphatic carboxylic acids is 3. The van der Waals surface area contributed by atoms with Crippen LogP contribution in [0.2, 0.25) is 0 Å². The second-order valence-electron chi connectivity index (χ2n) is 5.37. The molecule has 0 atom stereocenters. The molecular weight excluding hydrogens is 358 g/mol. The molecule has 0 heterocycles. The molecule has 0 fully saturated rings. The van der Waals surface area contributed by atoms with Crippen LogP contribution in [0.4, 0.5) is 8.78 Å². The quantitative estimate of drug-likeness (QED) is 0.575. The molecule has 1 aliphatic rings. The maximum absolute atomic E-state index is 14.5. The van der Waals surface area contributed by atoms with Gasteiger partial charge in [0.1, 0.15) is 11.6 Å². The maximum atomic E-state index is 14.5. The van der Waals surface area contributed by atoms with E-state index in [9.17, 15) is 43.3 Å². The Kier molecular flexibility index (Phi) is 4.61. The Morgan fingerprint density at radius 3 is 1.96 bits per heavy atom. The number of halogens is 2. The topological polar surface area (TPSA) is 149 Å². The average molecular weight is 368 g/mol. The van der Waals surface area contributed by atoms with Crippen molar-refractivity contribution in [2.75, 3.05) is 0 Å². The van der Waals surface area contributed by atoms with Crippen LogP contribution in [-0.4, -0.2) is 44.3 Å². The second kappa shape index (κ2) is 6.39. The number of benzene rings is 1. The molecule has 2 rings (SSSR count). The van der Waals surface area contributed by atoms with Crippen LogP contribution in [0.5, 0.6) is 0 Å². The van der Waals surface area contributed by atoms with Gasteiger partial charge >= 0.3 is 23.9 Å². The van der Waals surface area contributed by atoms with Crippen LogP contribution in [0.3, 0.4) is 0 Å². The number of carboxylic acid groups (broad SMARTS) is 4. The highest BCUT2D eigenvalue weighted by Crippen LogP contribution is 2.44. The van der Waals surface area contributed by atoms with E-state index >= 15 is 0 Å². The first kappa shape index (κ1) is 18.8. The fourth-order valence-corrected chi connectivity index (χ4v) is 2.58. The summed E-state index contributed by atoms with van der Waals surface area (Å²) in [5.74, 6) is -10.1. The Labute approximate surface area is 143 Å². The first-order valence-electron chi connectivity index (χ1n) is 6.86. The number of aromatic carboxylic acids is 1. The molecule has 136 valence electrons. The molecule has 0 bridgehead atoms. The van der Waals surface area contributed by atoms with E-state index in [-0.39, 0.29) is 0 Å². The summed E-state index contributed by atoms with van der Waals surface area (Å²) in [5, 5.41) is 36.5. The van der Waals surface area contributed by atoms with Crippen molar-refractivity contribution in [1.29, 1.82) is 0 Å². The van der Waals surface area contributed by atoms with Gasteiger partial charge in [-0.05, 0) is 24.3 Å². The van der Waals surface area contributed by atoms with Gasteiger partial charge in [-0.2, -0.15) is 0 Å². The second-order valence-corrected chi connectivity index (χ2v) is 5.37. The lowest BCUT2D eigenvalue weighted by Gasteiger charge is -2.29. The van der Waals surface area contributed by atoms with E-state index < -0.39 is 69.6 Å². The van der Waals surface area contributed by atoms with E-state index in [0.717, 1.165) is 12.1 Å². The number of hydrogen-bond acceptors (Lipinski definition) is 4. The highest BCUT2D eigenvalue weighted by Gasteiger charge is 2.55. The summed E-state index contributed by atoms with van der Waals surface area (Å²) in [5.41, 5.74) is -6.08. The predicted octanol–water partition coefficient (Wildman–Crippen LogP) is 1.77. The van der Waals surface area contributed by atoms with Crippen LogP contribution >= 0.6 is 0 Å². The van der Waals surface area contributed by atoms with Crippen molar-refractivity contribution in [3.05, 3.63) is 52.6 Å². The Morgan fingerprint density at radius 2 is 1.50 bits per heavy atom. The van der Waals surface area contributed by atoms with Crippen LogP contribution in [0.15, 0.2) is 35.7 Å². The third kappa shape index (κ3) is 2.81. The molecular formula is C16H10F2O8. The third-order valence-corrected chi connectivity index (χ3v) is 3.93. The summed E-state index contributed by atoms with van der Waals surface area (Å²) in [6, 6.07) is 2.34. The summed E-state index contributed by atoms with van der Waals surface area (Å²) in [6.07, 6.45) is -0.977. The minimum Gasteiger partial charge on any atom is -0.480 e. The zero-order valence-electron chi connectivity index (χ0n) is 12.7. The number of hydrogen-bond donors (Lipinski definition) is 4. The summed E-state index contributed by atoms with van der Waals surface area (Å²) < 4.78 is 28.5. The van der Waals surface area contributed by atoms with Crippen LogP contribution in [0, 0.1) is 11.2 Å². The maximum Gasteiger partial charge on any atom is 0.335 e. The van der Waals surface area contributed by atoms with Crippen molar-refractivity contribution in [1.82, 2.24) is 0 Å². The van der Waals surface area contributed by atoms with Gasteiger partial charge < -0.3 is 20.4 Å². The smallest absolute Gasteiger partial charge is 0.335 e. The number of carboxylic acids is 4. The Bertz CT molecular complexity index is 899. The van der Waals surface area contributed by atoms with Crippen LogP contribution in [0.25, 0.3) is 5.57 Å². The average Bonchev–Trinajstić information content (AvgIpc) is 2.54. The van der Waals surface area contributed by atoms with Crippen molar-refractivity contribution >= 4 is 29.5 Å². The lowest BCUT2D eigenvalue weighted by Crippen LogP contribution is -2.45. The molecule has 0 spiro atoms. The zero-order chi connectivity index (χ0) is 19.8. The molecule has 4 N–H and O–H groups in total. The normalized spacial score (nSPS) is 16.0. The molecule has 8 nitrogen and oxygen atoms in total. The number of carbonyl (C=O) groups is 4. The fraction of sp³-hybridized carbons (Fsp3) is 0.125. The zero-order valence-corrected chi connectivity index (χ0v) is 12.7. The summed E-state index contributed by atoms with van der Waals surface area (Å²) in [6.45, 7) is 0. The molecule has 0 amide bonds. The standard InChI is InChI=1S/C16H10F2O8/c17-10-2-1-6(12(19)20)3-7(10)8-4-9(13(21)22)16(14(23)24,15(25)26)5-11(8)18/h1-4H,5H2,(H,19,20)(H,21,22)(H,23,24)(H,25,26). The molecule has 0 radical (unpaired) electrons. The first-order chi connectivity index (χ1) is 12.0. The van der Waals surface area contributed by atoms with Gasteiger partial charge in [-0.25, -0.2) is 18.4 Å². The van der Waals surface area contributed by atoms with E-state index in [0.29, 0.717) is 12.1 Å². The van der Waals surface area contributed by atoms with E-state index in [4.69, 9.17) is 5.11 Å². The van der Waals surface area contributed by atoms with Crippen molar-refractivity contribution < 1.29 is 48.4 Å². The van der Waals surface area contributed by atoms with Crippen LogP contribution in [-0.2, 0) is 14.4 Å². The lowest BCUT2D eigenvalue weighted by atomic mass is 9.71. The molecule has 0 aliphatic heterocycles. The molecule has 10 heteroatoms.